The van der Waals surface area contributed by atoms with Crippen LogP contribution in [0.5, 0.6) is 5.75 Å². The SMILES string of the molecule is COc1cc(C)cc(C=CCCBr)c1. The third kappa shape index (κ3) is 3.54. The Hall–Kier alpha value is -0.760. The second-order valence-corrected chi connectivity index (χ2v) is 3.96. The fraction of sp³-hybridized carbons (Fsp3) is 0.333. The van der Waals surface area contributed by atoms with Crippen molar-refractivity contribution in [3.8, 4) is 5.75 Å². The number of hydrogen-bond acceptors (Lipinski definition) is 1. The molecule has 1 nitrogen and oxygen atoms in total. The van der Waals surface area contributed by atoms with Crippen molar-refractivity contribution in [2.75, 3.05) is 12.4 Å². The topological polar surface area (TPSA) is 9.23 Å². The summed E-state index contributed by atoms with van der Waals surface area (Å²) in [6.07, 6.45) is 5.33. The molecule has 0 fully saturated rings. The monoisotopic (exact) mass is 254 g/mol. The first kappa shape index (κ1) is 11.3. The van der Waals surface area contributed by atoms with Gasteiger partial charge in [-0.3, -0.25) is 0 Å². The molecule has 0 bridgehead atoms. The van der Waals surface area contributed by atoms with Gasteiger partial charge in [0, 0.05) is 5.33 Å². The lowest BCUT2D eigenvalue weighted by Crippen LogP contribution is -1.85. The van der Waals surface area contributed by atoms with Gasteiger partial charge in [0.05, 0.1) is 7.11 Å². The molecule has 0 heterocycles. The zero-order valence-corrected chi connectivity index (χ0v) is 10.2. The largest absolute Gasteiger partial charge is 0.497 e. The number of aryl methyl sites for hydroxylation is 1. The molecule has 76 valence electrons. The van der Waals surface area contributed by atoms with Crippen LogP contribution in [0.15, 0.2) is 24.3 Å². The van der Waals surface area contributed by atoms with Crippen molar-refractivity contribution in [1.82, 2.24) is 0 Å². The maximum absolute atomic E-state index is 5.20. The maximum atomic E-state index is 5.20. The highest BCUT2D eigenvalue weighted by Gasteiger charge is 1.94. The van der Waals surface area contributed by atoms with Crippen LogP contribution in [0.1, 0.15) is 17.5 Å². The molecule has 0 atom stereocenters. The van der Waals surface area contributed by atoms with E-state index in [1.54, 1.807) is 7.11 Å². The number of rotatable bonds is 4. The van der Waals surface area contributed by atoms with Gasteiger partial charge in [-0.25, -0.2) is 0 Å². The van der Waals surface area contributed by atoms with Gasteiger partial charge in [-0.1, -0.05) is 34.1 Å². The van der Waals surface area contributed by atoms with Gasteiger partial charge in [-0.2, -0.15) is 0 Å². The fourth-order valence-corrected chi connectivity index (χ4v) is 1.54. The van der Waals surface area contributed by atoms with E-state index < -0.39 is 0 Å². The number of methoxy groups -OCH3 is 1. The van der Waals surface area contributed by atoms with E-state index in [0.717, 1.165) is 17.5 Å². The second-order valence-electron chi connectivity index (χ2n) is 3.16. The molecule has 0 radical (unpaired) electrons. The molecule has 14 heavy (non-hydrogen) atoms. The summed E-state index contributed by atoms with van der Waals surface area (Å²) in [6, 6.07) is 6.22. The Morgan fingerprint density at radius 2 is 2.14 bits per heavy atom. The molecular weight excluding hydrogens is 240 g/mol. The Bertz CT molecular complexity index is 318. The second kappa shape index (κ2) is 5.86. The lowest BCUT2D eigenvalue weighted by molar-refractivity contribution is 0.414. The average molecular weight is 255 g/mol. The Kier molecular flexibility index (Phi) is 4.74. The van der Waals surface area contributed by atoms with Crippen molar-refractivity contribution < 1.29 is 4.74 Å². The van der Waals surface area contributed by atoms with Gasteiger partial charge in [0.15, 0.2) is 0 Å². The highest BCUT2D eigenvalue weighted by atomic mass is 79.9. The molecule has 1 aromatic rings. The molecule has 0 N–H and O–H groups in total. The first-order valence-corrected chi connectivity index (χ1v) is 5.76. The minimum atomic E-state index is 0.920. The van der Waals surface area contributed by atoms with E-state index in [0.29, 0.717) is 0 Å². The van der Waals surface area contributed by atoms with Gasteiger partial charge in [0.2, 0.25) is 0 Å². The summed E-state index contributed by atoms with van der Waals surface area (Å²) in [6.45, 7) is 2.07. The number of ether oxygens (including phenoxy) is 1. The van der Waals surface area contributed by atoms with E-state index in [4.69, 9.17) is 4.74 Å². The minimum absolute atomic E-state index is 0.920. The molecule has 0 amide bonds. The summed E-state index contributed by atoms with van der Waals surface area (Å²) in [4.78, 5) is 0. The third-order valence-corrected chi connectivity index (χ3v) is 2.35. The Morgan fingerprint density at radius 3 is 2.79 bits per heavy atom. The van der Waals surface area contributed by atoms with Gasteiger partial charge in [-0.15, -0.1) is 0 Å². The van der Waals surface area contributed by atoms with E-state index in [1.165, 1.54) is 11.1 Å². The first-order chi connectivity index (χ1) is 6.76. The van der Waals surface area contributed by atoms with Crippen LogP contribution in [0.2, 0.25) is 0 Å². The van der Waals surface area contributed by atoms with Crippen molar-refractivity contribution >= 4 is 22.0 Å². The molecule has 0 saturated heterocycles. The zero-order chi connectivity index (χ0) is 10.4. The highest BCUT2D eigenvalue weighted by molar-refractivity contribution is 9.09. The quantitative estimate of drug-likeness (QED) is 0.743. The van der Waals surface area contributed by atoms with Crippen molar-refractivity contribution in [3.63, 3.8) is 0 Å². The molecule has 1 aromatic carbocycles. The average Bonchev–Trinajstić information content (AvgIpc) is 2.17. The van der Waals surface area contributed by atoms with E-state index in [9.17, 15) is 0 Å². The summed E-state index contributed by atoms with van der Waals surface area (Å²) < 4.78 is 5.20. The lowest BCUT2D eigenvalue weighted by atomic mass is 10.1. The van der Waals surface area contributed by atoms with E-state index in [-0.39, 0.29) is 0 Å². The predicted molar refractivity (Wildman–Crippen MR) is 65.2 cm³/mol. The van der Waals surface area contributed by atoms with Crippen LogP contribution in [0.3, 0.4) is 0 Å². The zero-order valence-electron chi connectivity index (χ0n) is 8.59. The van der Waals surface area contributed by atoms with Gasteiger partial charge in [-0.05, 0) is 36.6 Å². The number of benzene rings is 1. The molecule has 2 heteroatoms. The van der Waals surface area contributed by atoms with Gasteiger partial charge < -0.3 is 4.74 Å². The number of hydrogen-bond donors (Lipinski definition) is 0. The predicted octanol–water partition coefficient (Wildman–Crippen LogP) is 3.80. The van der Waals surface area contributed by atoms with E-state index >= 15 is 0 Å². The van der Waals surface area contributed by atoms with Crippen LogP contribution in [-0.2, 0) is 0 Å². The van der Waals surface area contributed by atoms with Crippen LogP contribution in [0.4, 0.5) is 0 Å². The smallest absolute Gasteiger partial charge is 0.119 e. The molecule has 0 aliphatic rings. The molecule has 0 saturated carbocycles. The van der Waals surface area contributed by atoms with Crippen LogP contribution in [-0.4, -0.2) is 12.4 Å². The molecule has 0 spiro atoms. The number of halogens is 1. The van der Waals surface area contributed by atoms with E-state index in [1.807, 2.05) is 12.1 Å². The van der Waals surface area contributed by atoms with Crippen LogP contribution >= 0.6 is 15.9 Å². The van der Waals surface area contributed by atoms with Crippen molar-refractivity contribution in [2.24, 2.45) is 0 Å². The Morgan fingerprint density at radius 1 is 1.36 bits per heavy atom. The van der Waals surface area contributed by atoms with Crippen LogP contribution in [0.25, 0.3) is 6.08 Å². The minimum Gasteiger partial charge on any atom is -0.497 e. The summed E-state index contributed by atoms with van der Waals surface area (Å²) in [5, 5.41) is 1.01. The summed E-state index contributed by atoms with van der Waals surface area (Å²) in [5.74, 6) is 0.920. The Labute approximate surface area is 93.9 Å². The molecule has 0 aliphatic heterocycles. The lowest BCUT2D eigenvalue weighted by Gasteiger charge is -2.03. The van der Waals surface area contributed by atoms with Crippen LogP contribution in [0, 0.1) is 6.92 Å². The molecular formula is C12H15BrO. The van der Waals surface area contributed by atoms with Crippen molar-refractivity contribution in [1.29, 1.82) is 0 Å². The number of alkyl halides is 1. The van der Waals surface area contributed by atoms with Gasteiger partial charge >= 0.3 is 0 Å². The summed E-state index contributed by atoms with van der Waals surface area (Å²) in [5.41, 5.74) is 2.42. The molecule has 0 aromatic heterocycles. The summed E-state index contributed by atoms with van der Waals surface area (Å²) >= 11 is 3.39. The normalized spacial score (nSPS) is 10.8. The third-order valence-electron chi connectivity index (χ3n) is 1.89. The number of allylic oxidation sites excluding steroid dienone is 1. The molecule has 0 aliphatic carbocycles. The van der Waals surface area contributed by atoms with Gasteiger partial charge in [0.25, 0.3) is 0 Å². The first-order valence-electron chi connectivity index (χ1n) is 4.64. The van der Waals surface area contributed by atoms with Crippen molar-refractivity contribution in [3.05, 3.63) is 35.4 Å². The van der Waals surface area contributed by atoms with Crippen LogP contribution < -0.4 is 4.74 Å². The standard InChI is InChI=1S/C12H15BrO/c1-10-7-11(5-3-4-6-13)9-12(8-10)14-2/h3,5,7-9H,4,6H2,1-2H3. The highest BCUT2D eigenvalue weighted by Crippen LogP contribution is 2.17. The molecule has 0 unspecified atom stereocenters. The van der Waals surface area contributed by atoms with Gasteiger partial charge in [0.1, 0.15) is 5.75 Å². The fourth-order valence-electron chi connectivity index (χ4n) is 1.27. The summed E-state index contributed by atoms with van der Waals surface area (Å²) in [7, 11) is 1.70. The molecule has 1 rings (SSSR count). The maximum Gasteiger partial charge on any atom is 0.119 e. The van der Waals surface area contributed by atoms with E-state index in [2.05, 4.69) is 41.1 Å². The Balaban J connectivity index is 2.81. The van der Waals surface area contributed by atoms with Crippen molar-refractivity contribution in [2.45, 2.75) is 13.3 Å².